The zero-order chi connectivity index (χ0) is 24.3. The van der Waals surface area contributed by atoms with Gasteiger partial charge in [-0.1, -0.05) is 30.1 Å². The van der Waals surface area contributed by atoms with Crippen LogP contribution in [-0.4, -0.2) is 24.9 Å². The largest absolute Gasteiger partial charge is 0.494 e. The fourth-order valence-corrected chi connectivity index (χ4v) is 5.04. The lowest BCUT2D eigenvalue weighted by Crippen LogP contribution is -2.48. The van der Waals surface area contributed by atoms with E-state index >= 15 is 0 Å². The van der Waals surface area contributed by atoms with Crippen LogP contribution in [0.2, 0.25) is 0 Å². The topological polar surface area (TPSA) is 74.2 Å². The fraction of sp³-hybridized carbons (Fsp3) is 0.360. The number of hydrogen-bond donors (Lipinski definition) is 2. The van der Waals surface area contributed by atoms with Crippen LogP contribution in [0.3, 0.4) is 0 Å². The molecule has 0 radical (unpaired) electrons. The summed E-state index contributed by atoms with van der Waals surface area (Å²) < 4.78 is 45.7. The Morgan fingerprint density at radius 3 is 2.68 bits per heavy atom. The second-order valence-electron chi connectivity index (χ2n) is 8.45. The van der Waals surface area contributed by atoms with Gasteiger partial charge >= 0.3 is 6.18 Å². The van der Waals surface area contributed by atoms with E-state index in [9.17, 15) is 23.2 Å². The third kappa shape index (κ3) is 5.02. The Balaban J connectivity index is 1.56. The molecule has 178 valence electrons. The smallest absolute Gasteiger partial charge is 0.389 e. The molecule has 2 aliphatic rings. The van der Waals surface area contributed by atoms with E-state index in [0.717, 1.165) is 22.4 Å². The van der Waals surface area contributed by atoms with Gasteiger partial charge in [-0.2, -0.15) is 18.4 Å². The number of carbonyl (C=O) groups is 1. The number of alkyl halides is 3. The van der Waals surface area contributed by atoms with E-state index in [1.54, 1.807) is 6.07 Å². The fourth-order valence-electron chi connectivity index (χ4n) is 4.67. The van der Waals surface area contributed by atoms with Crippen molar-refractivity contribution < 1.29 is 22.7 Å². The molecule has 0 aromatic heterocycles. The Morgan fingerprint density at radius 1 is 1.24 bits per heavy atom. The summed E-state index contributed by atoms with van der Waals surface area (Å²) >= 11 is 1.48. The Bertz CT molecular complexity index is 1160. The summed E-state index contributed by atoms with van der Waals surface area (Å²) in [7, 11) is 0. The van der Waals surface area contributed by atoms with E-state index in [1.165, 1.54) is 11.9 Å². The number of nitrogens with zero attached hydrogens (tertiary/aromatic N) is 1. The summed E-state index contributed by atoms with van der Waals surface area (Å²) in [6.45, 7) is -0.0139. The van der Waals surface area contributed by atoms with Crippen LogP contribution in [0.5, 0.6) is 5.75 Å². The Hall–Kier alpha value is -3.12. The van der Waals surface area contributed by atoms with Gasteiger partial charge in [0.05, 0.1) is 12.1 Å². The SMILES string of the molecule is CSNc1ccc(C2=C(C#N)C(=O)NC3(CCc4cc(OCCCC(F)(F)F)ccc43)C2)cc1. The number of ether oxygens (including phenoxy) is 1. The van der Waals surface area contributed by atoms with Gasteiger partial charge in [0.15, 0.2) is 0 Å². The molecule has 9 heteroatoms. The molecule has 34 heavy (non-hydrogen) atoms. The van der Waals surface area contributed by atoms with Gasteiger partial charge in [-0.05, 0) is 65.8 Å². The highest BCUT2D eigenvalue weighted by Crippen LogP contribution is 2.47. The highest BCUT2D eigenvalue weighted by molar-refractivity contribution is 7.99. The van der Waals surface area contributed by atoms with Gasteiger partial charge in [-0.25, -0.2) is 0 Å². The van der Waals surface area contributed by atoms with Crippen LogP contribution >= 0.6 is 11.9 Å². The molecule has 1 spiro atoms. The second-order valence-corrected chi connectivity index (χ2v) is 9.06. The van der Waals surface area contributed by atoms with Gasteiger partial charge in [-0.3, -0.25) is 4.79 Å². The summed E-state index contributed by atoms with van der Waals surface area (Å²) in [6, 6.07) is 15.2. The van der Waals surface area contributed by atoms with Crippen molar-refractivity contribution in [1.29, 1.82) is 5.26 Å². The molecule has 5 nitrogen and oxygen atoms in total. The normalized spacial score (nSPS) is 19.6. The maximum absolute atomic E-state index is 12.9. The van der Waals surface area contributed by atoms with E-state index < -0.39 is 24.0 Å². The van der Waals surface area contributed by atoms with Gasteiger partial charge in [0.2, 0.25) is 0 Å². The monoisotopic (exact) mass is 487 g/mol. The Labute approximate surface area is 200 Å². The minimum Gasteiger partial charge on any atom is -0.494 e. The first-order valence-electron chi connectivity index (χ1n) is 10.9. The minimum absolute atomic E-state index is 0.0139. The van der Waals surface area contributed by atoms with Crippen molar-refractivity contribution in [2.24, 2.45) is 0 Å². The number of nitriles is 1. The number of hydrogen-bond acceptors (Lipinski definition) is 5. The van der Waals surface area contributed by atoms with Crippen LogP contribution < -0.4 is 14.8 Å². The van der Waals surface area contributed by atoms with Gasteiger partial charge in [0.25, 0.3) is 5.91 Å². The molecular weight excluding hydrogens is 463 g/mol. The number of halogens is 3. The molecule has 2 aromatic rings. The van der Waals surface area contributed by atoms with Crippen molar-refractivity contribution in [2.75, 3.05) is 17.6 Å². The quantitative estimate of drug-likeness (QED) is 0.385. The predicted molar refractivity (Wildman–Crippen MR) is 126 cm³/mol. The van der Waals surface area contributed by atoms with E-state index in [4.69, 9.17) is 4.74 Å². The molecule has 0 fully saturated rings. The molecule has 1 amide bonds. The number of anilines is 1. The number of carbonyl (C=O) groups excluding carboxylic acids is 1. The Kier molecular flexibility index (Phi) is 6.80. The van der Waals surface area contributed by atoms with Gasteiger partial charge in [0.1, 0.15) is 17.4 Å². The molecule has 2 aromatic carbocycles. The number of amides is 1. The summed E-state index contributed by atoms with van der Waals surface area (Å²) in [5.74, 6) is 0.126. The molecule has 1 unspecified atom stereocenters. The maximum atomic E-state index is 12.9. The predicted octanol–water partition coefficient (Wildman–Crippen LogP) is 5.74. The van der Waals surface area contributed by atoms with Crippen molar-refractivity contribution in [1.82, 2.24) is 5.32 Å². The lowest BCUT2D eigenvalue weighted by molar-refractivity contribution is -0.136. The highest BCUT2D eigenvalue weighted by Gasteiger charge is 2.45. The lowest BCUT2D eigenvalue weighted by atomic mass is 9.78. The standard InChI is InChI=1S/C25H24F3N3O2S/c1-34-31-18-5-3-16(4-6-18)20-14-24(30-23(32)21(20)15-29)11-9-17-13-19(7-8-22(17)24)33-12-2-10-25(26,27)28/h3-8,13,31H,2,9-12,14H2,1H3,(H,30,32). The van der Waals surface area contributed by atoms with Gasteiger partial charge < -0.3 is 14.8 Å². The average molecular weight is 488 g/mol. The third-order valence-corrected chi connectivity index (χ3v) is 6.65. The van der Waals surface area contributed by atoms with Crippen molar-refractivity contribution in [3.63, 3.8) is 0 Å². The molecular formula is C25H24F3N3O2S. The third-order valence-electron chi connectivity index (χ3n) is 6.21. The van der Waals surface area contributed by atoms with Crippen molar-refractivity contribution in [2.45, 2.75) is 43.8 Å². The molecule has 1 aliphatic carbocycles. The zero-order valence-electron chi connectivity index (χ0n) is 18.6. The molecule has 1 aliphatic heterocycles. The van der Waals surface area contributed by atoms with E-state index in [-0.39, 0.29) is 18.6 Å². The van der Waals surface area contributed by atoms with E-state index in [1.807, 2.05) is 42.7 Å². The first-order chi connectivity index (χ1) is 16.2. The molecule has 1 heterocycles. The number of aryl methyl sites for hydroxylation is 1. The lowest BCUT2D eigenvalue weighted by Gasteiger charge is -2.37. The summed E-state index contributed by atoms with van der Waals surface area (Å²) in [4.78, 5) is 12.9. The van der Waals surface area contributed by atoms with Crippen molar-refractivity contribution in [3.05, 3.63) is 64.7 Å². The summed E-state index contributed by atoms with van der Waals surface area (Å²) in [5, 5.41) is 12.7. The molecule has 4 rings (SSSR count). The second kappa shape index (κ2) is 9.63. The van der Waals surface area contributed by atoms with E-state index in [0.29, 0.717) is 30.6 Å². The maximum Gasteiger partial charge on any atom is 0.389 e. The summed E-state index contributed by atoms with van der Waals surface area (Å²) in [5.41, 5.74) is 3.91. The molecule has 0 bridgehead atoms. The molecule has 0 saturated carbocycles. The molecule has 2 N–H and O–H groups in total. The molecule has 0 saturated heterocycles. The van der Waals surface area contributed by atoms with Crippen LogP contribution in [0, 0.1) is 11.3 Å². The van der Waals surface area contributed by atoms with Crippen molar-refractivity contribution in [3.8, 4) is 11.8 Å². The number of nitrogens with one attached hydrogen (secondary N) is 2. The van der Waals surface area contributed by atoms with Crippen LogP contribution in [0.1, 0.15) is 42.4 Å². The van der Waals surface area contributed by atoms with Crippen LogP contribution in [-0.2, 0) is 16.8 Å². The van der Waals surface area contributed by atoms with Crippen LogP contribution in [0.4, 0.5) is 18.9 Å². The Morgan fingerprint density at radius 2 is 2.00 bits per heavy atom. The first-order valence-corrected chi connectivity index (χ1v) is 12.2. The van der Waals surface area contributed by atoms with Gasteiger partial charge in [-0.15, -0.1) is 0 Å². The zero-order valence-corrected chi connectivity index (χ0v) is 19.4. The van der Waals surface area contributed by atoms with Crippen molar-refractivity contribution >= 4 is 29.1 Å². The van der Waals surface area contributed by atoms with E-state index in [2.05, 4.69) is 16.1 Å². The molecule has 1 atom stereocenters. The minimum atomic E-state index is -4.19. The number of rotatable bonds is 7. The van der Waals surface area contributed by atoms with Crippen LogP contribution in [0.25, 0.3) is 5.57 Å². The number of fused-ring (bicyclic) bond motifs is 2. The first kappa shape index (κ1) is 24.0. The highest BCUT2D eigenvalue weighted by atomic mass is 32.2. The van der Waals surface area contributed by atoms with Crippen LogP contribution in [0.15, 0.2) is 48.0 Å². The van der Waals surface area contributed by atoms with Gasteiger partial charge in [0, 0.05) is 24.8 Å². The average Bonchev–Trinajstić information content (AvgIpc) is 3.13. The number of benzene rings is 2. The summed E-state index contributed by atoms with van der Waals surface area (Å²) in [6.07, 6.45) is -1.40.